The van der Waals surface area contributed by atoms with Crippen molar-refractivity contribution >= 4 is 17.6 Å². The van der Waals surface area contributed by atoms with Gasteiger partial charge >= 0.3 is 5.97 Å². The number of benzene rings is 1. The lowest BCUT2D eigenvalue weighted by Crippen LogP contribution is -2.06. The van der Waals surface area contributed by atoms with Gasteiger partial charge in [0.2, 0.25) is 0 Å². The van der Waals surface area contributed by atoms with Crippen molar-refractivity contribution in [3.8, 4) is 0 Å². The standard InChI is InChI=1S/C11H11ClO2/c12-10-6-8-4-2-1-3-7(8)5-9(10)11(13)14/h5-6H,1-4H2,(H,13,14). The van der Waals surface area contributed by atoms with Crippen molar-refractivity contribution in [1.82, 2.24) is 0 Å². The topological polar surface area (TPSA) is 37.3 Å². The summed E-state index contributed by atoms with van der Waals surface area (Å²) in [4.78, 5) is 10.8. The molecule has 1 N–H and O–H groups in total. The average molecular weight is 211 g/mol. The first-order chi connectivity index (χ1) is 6.68. The molecule has 0 unspecified atom stereocenters. The van der Waals surface area contributed by atoms with Crippen molar-refractivity contribution in [1.29, 1.82) is 0 Å². The van der Waals surface area contributed by atoms with Crippen LogP contribution in [0.3, 0.4) is 0 Å². The number of carbonyl (C=O) groups is 1. The summed E-state index contributed by atoms with van der Waals surface area (Å²) in [5, 5.41) is 9.24. The summed E-state index contributed by atoms with van der Waals surface area (Å²) in [6.07, 6.45) is 4.32. The van der Waals surface area contributed by atoms with Crippen molar-refractivity contribution in [3.05, 3.63) is 33.8 Å². The van der Waals surface area contributed by atoms with Crippen molar-refractivity contribution in [2.75, 3.05) is 0 Å². The van der Waals surface area contributed by atoms with Crippen LogP contribution in [0.1, 0.15) is 34.3 Å². The zero-order valence-corrected chi connectivity index (χ0v) is 8.47. The number of halogens is 1. The first kappa shape index (κ1) is 9.53. The molecule has 0 saturated carbocycles. The largest absolute Gasteiger partial charge is 0.478 e. The highest BCUT2D eigenvalue weighted by atomic mass is 35.5. The number of hydrogen-bond donors (Lipinski definition) is 1. The Bertz CT molecular complexity index is 385. The second-order valence-corrected chi connectivity index (χ2v) is 4.02. The molecule has 74 valence electrons. The maximum Gasteiger partial charge on any atom is 0.337 e. The molecule has 0 bridgehead atoms. The predicted octanol–water partition coefficient (Wildman–Crippen LogP) is 2.92. The summed E-state index contributed by atoms with van der Waals surface area (Å²) in [6, 6.07) is 3.53. The minimum Gasteiger partial charge on any atom is -0.478 e. The maximum absolute atomic E-state index is 10.8. The lowest BCUT2D eigenvalue weighted by atomic mass is 9.90. The zero-order chi connectivity index (χ0) is 10.1. The Kier molecular flexibility index (Phi) is 2.46. The van der Waals surface area contributed by atoms with E-state index in [9.17, 15) is 4.79 Å². The molecule has 0 aliphatic heterocycles. The van der Waals surface area contributed by atoms with E-state index in [1.807, 2.05) is 0 Å². The van der Waals surface area contributed by atoms with Gasteiger partial charge in [0.25, 0.3) is 0 Å². The van der Waals surface area contributed by atoms with Crippen LogP contribution in [-0.4, -0.2) is 11.1 Å². The minimum absolute atomic E-state index is 0.229. The number of rotatable bonds is 1. The highest BCUT2D eigenvalue weighted by Gasteiger charge is 2.15. The number of aromatic carboxylic acids is 1. The van der Waals surface area contributed by atoms with E-state index < -0.39 is 5.97 Å². The van der Waals surface area contributed by atoms with Gasteiger partial charge in [0, 0.05) is 0 Å². The van der Waals surface area contributed by atoms with E-state index in [4.69, 9.17) is 16.7 Å². The van der Waals surface area contributed by atoms with Crippen molar-refractivity contribution in [2.24, 2.45) is 0 Å². The van der Waals surface area contributed by atoms with E-state index in [1.54, 1.807) is 12.1 Å². The molecule has 2 nitrogen and oxygen atoms in total. The van der Waals surface area contributed by atoms with Crippen LogP contribution in [0.15, 0.2) is 12.1 Å². The van der Waals surface area contributed by atoms with Gasteiger partial charge in [0.05, 0.1) is 10.6 Å². The predicted molar refractivity (Wildman–Crippen MR) is 55.1 cm³/mol. The third-order valence-electron chi connectivity index (χ3n) is 2.66. The van der Waals surface area contributed by atoms with Gasteiger partial charge in [-0.3, -0.25) is 0 Å². The Morgan fingerprint density at radius 2 is 1.79 bits per heavy atom. The molecule has 0 radical (unpaired) electrons. The molecule has 0 heterocycles. The fourth-order valence-corrected chi connectivity index (χ4v) is 2.19. The van der Waals surface area contributed by atoms with Gasteiger partial charge in [0.15, 0.2) is 0 Å². The fraction of sp³-hybridized carbons (Fsp3) is 0.364. The molecule has 0 saturated heterocycles. The third-order valence-corrected chi connectivity index (χ3v) is 2.97. The van der Waals surface area contributed by atoms with E-state index in [0.717, 1.165) is 24.8 Å². The monoisotopic (exact) mass is 210 g/mol. The van der Waals surface area contributed by atoms with Crippen LogP contribution in [-0.2, 0) is 12.8 Å². The molecule has 0 atom stereocenters. The molecule has 1 aliphatic carbocycles. The number of carboxylic acid groups (broad SMARTS) is 1. The van der Waals surface area contributed by atoms with Gasteiger partial charge < -0.3 is 5.11 Å². The number of hydrogen-bond acceptors (Lipinski definition) is 1. The Balaban J connectivity index is 2.50. The SMILES string of the molecule is O=C(O)c1cc2c(cc1Cl)CCCC2. The summed E-state index contributed by atoms with van der Waals surface area (Å²) in [5.74, 6) is -0.941. The van der Waals surface area contributed by atoms with E-state index >= 15 is 0 Å². The fourth-order valence-electron chi connectivity index (χ4n) is 1.92. The molecule has 0 aromatic heterocycles. The lowest BCUT2D eigenvalue weighted by molar-refractivity contribution is 0.0697. The molecule has 0 fully saturated rings. The Labute approximate surface area is 87.5 Å². The summed E-state index contributed by atoms with van der Waals surface area (Å²) >= 11 is 5.88. The molecule has 1 aromatic rings. The van der Waals surface area contributed by atoms with Crippen LogP contribution >= 0.6 is 11.6 Å². The first-order valence-corrected chi connectivity index (χ1v) is 5.11. The van der Waals surface area contributed by atoms with Crippen molar-refractivity contribution in [2.45, 2.75) is 25.7 Å². The average Bonchev–Trinajstić information content (AvgIpc) is 2.16. The second kappa shape index (κ2) is 3.62. The summed E-state index contributed by atoms with van der Waals surface area (Å²) < 4.78 is 0. The summed E-state index contributed by atoms with van der Waals surface area (Å²) in [7, 11) is 0. The van der Waals surface area contributed by atoms with E-state index in [0.29, 0.717) is 5.02 Å². The Hall–Kier alpha value is -1.02. The molecule has 2 rings (SSSR count). The van der Waals surface area contributed by atoms with Gasteiger partial charge in [-0.25, -0.2) is 4.79 Å². The third kappa shape index (κ3) is 1.62. The second-order valence-electron chi connectivity index (χ2n) is 3.61. The van der Waals surface area contributed by atoms with Gasteiger partial charge in [-0.15, -0.1) is 0 Å². The normalized spacial score (nSPS) is 14.9. The molecule has 0 spiro atoms. The van der Waals surface area contributed by atoms with Gasteiger partial charge in [-0.1, -0.05) is 11.6 Å². The maximum atomic E-state index is 10.8. The van der Waals surface area contributed by atoms with Crippen LogP contribution in [0.5, 0.6) is 0 Å². The van der Waals surface area contributed by atoms with Crippen molar-refractivity contribution in [3.63, 3.8) is 0 Å². The van der Waals surface area contributed by atoms with Crippen LogP contribution < -0.4 is 0 Å². The Morgan fingerprint density at radius 1 is 1.21 bits per heavy atom. The molecule has 3 heteroatoms. The molecule has 14 heavy (non-hydrogen) atoms. The number of carboxylic acids is 1. The molecular weight excluding hydrogens is 200 g/mol. The zero-order valence-electron chi connectivity index (χ0n) is 7.72. The van der Waals surface area contributed by atoms with Crippen molar-refractivity contribution < 1.29 is 9.90 Å². The quantitative estimate of drug-likeness (QED) is 0.774. The van der Waals surface area contributed by atoms with E-state index in [2.05, 4.69) is 0 Å². The Morgan fingerprint density at radius 3 is 2.36 bits per heavy atom. The number of fused-ring (bicyclic) bond motifs is 1. The van der Waals surface area contributed by atoms with Crippen LogP contribution in [0.25, 0.3) is 0 Å². The molecule has 1 aromatic carbocycles. The summed E-state index contributed by atoms with van der Waals surface area (Å²) in [5.41, 5.74) is 2.59. The van der Waals surface area contributed by atoms with Crippen LogP contribution in [0.4, 0.5) is 0 Å². The molecule has 0 amide bonds. The minimum atomic E-state index is -0.941. The smallest absolute Gasteiger partial charge is 0.337 e. The first-order valence-electron chi connectivity index (χ1n) is 4.73. The molecular formula is C11H11ClO2. The summed E-state index contributed by atoms with van der Waals surface area (Å²) in [6.45, 7) is 0. The highest BCUT2D eigenvalue weighted by Crippen LogP contribution is 2.27. The van der Waals surface area contributed by atoms with Gasteiger partial charge in [-0.2, -0.15) is 0 Å². The van der Waals surface area contributed by atoms with Gasteiger partial charge in [-0.05, 0) is 48.9 Å². The highest BCUT2D eigenvalue weighted by molar-refractivity contribution is 6.33. The van der Waals surface area contributed by atoms with E-state index in [1.165, 1.54) is 12.0 Å². The number of aryl methyl sites for hydroxylation is 2. The van der Waals surface area contributed by atoms with E-state index in [-0.39, 0.29) is 5.56 Å². The van der Waals surface area contributed by atoms with Gasteiger partial charge in [0.1, 0.15) is 0 Å². The molecule has 1 aliphatic rings. The lowest BCUT2D eigenvalue weighted by Gasteiger charge is -2.16. The van der Waals surface area contributed by atoms with Crippen LogP contribution in [0, 0.1) is 0 Å². The van der Waals surface area contributed by atoms with Crippen LogP contribution in [0.2, 0.25) is 5.02 Å².